The molecule has 0 saturated carbocycles. The number of aromatic nitrogens is 2. The average Bonchev–Trinajstić information content (AvgIpc) is 3.13. The molecular formula is C23H20F2N4O2. The Kier molecular flexibility index (Phi) is 5.67. The molecule has 0 spiro atoms. The molecule has 6 nitrogen and oxygen atoms in total. The lowest BCUT2D eigenvalue weighted by Crippen LogP contribution is -2.36. The van der Waals surface area contributed by atoms with Gasteiger partial charge in [-0.1, -0.05) is 18.2 Å². The van der Waals surface area contributed by atoms with Crippen LogP contribution in [-0.4, -0.2) is 33.9 Å². The zero-order valence-corrected chi connectivity index (χ0v) is 16.9. The van der Waals surface area contributed by atoms with Gasteiger partial charge in [0.2, 0.25) is 0 Å². The summed E-state index contributed by atoms with van der Waals surface area (Å²) in [7, 11) is 0. The Hall–Kier alpha value is -3.73. The van der Waals surface area contributed by atoms with E-state index in [1.807, 2.05) is 6.07 Å². The van der Waals surface area contributed by atoms with Gasteiger partial charge in [-0.25, -0.2) is 13.6 Å². The minimum atomic E-state index is -0.638. The SMILES string of the molecule is CCOC(=O)N1CCc2c(c(-c3cccc(C#N)c3)nn2Cc2ccc(F)cc2F)C1. The number of carbonyl (C=O) groups excluding carboxylic acids is 1. The molecule has 2 aromatic carbocycles. The standard InChI is InChI=1S/C23H20F2N4O2/c1-2-31-23(30)28-9-8-21-19(14-28)22(16-5-3-4-15(10-16)12-26)27-29(21)13-17-6-7-18(24)11-20(17)25/h3-7,10-11H,2,8-9,13-14H2,1H3. The number of carbonyl (C=O) groups is 1. The van der Waals surface area contributed by atoms with E-state index in [0.29, 0.717) is 36.3 Å². The Morgan fingerprint density at radius 2 is 2.10 bits per heavy atom. The van der Waals surface area contributed by atoms with Gasteiger partial charge in [0.25, 0.3) is 0 Å². The predicted molar refractivity (Wildman–Crippen MR) is 109 cm³/mol. The van der Waals surface area contributed by atoms with E-state index in [-0.39, 0.29) is 13.2 Å². The summed E-state index contributed by atoms with van der Waals surface area (Å²) in [6.45, 7) is 2.91. The van der Waals surface area contributed by atoms with Crippen LogP contribution in [-0.2, 0) is 24.2 Å². The van der Waals surface area contributed by atoms with Crippen LogP contribution in [0.25, 0.3) is 11.3 Å². The molecule has 1 aliphatic heterocycles. The zero-order chi connectivity index (χ0) is 22.0. The van der Waals surface area contributed by atoms with Gasteiger partial charge in [-0.2, -0.15) is 10.4 Å². The third-order valence-corrected chi connectivity index (χ3v) is 5.26. The highest BCUT2D eigenvalue weighted by Gasteiger charge is 2.29. The molecule has 31 heavy (non-hydrogen) atoms. The zero-order valence-electron chi connectivity index (χ0n) is 16.9. The maximum atomic E-state index is 14.3. The summed E-state index contributed by atoms with van der Waals surface area (Å²) >= 11 is 0. The highest BCUT2D eigenvalue weighted by atomic mass is 19.1. The fraction of sp³-hybridized carbons (Fsp3) is 0.261. The highest BCUT2D eigenvalue weighted by Crippen LogP contribution is 2.31. The first kappa shape index (κ1) is 20.5. The highest BCUT2D eigenvalue weighted by molar-refractivity contribution is 5.71. The quantitative estimate of drug-likeness (QED) is 0.630. The van der Waals surface area contributed by atoms with E-state index in [0.717, 1.165) is 22.9 Å². The predicted octanol–water partition coefficient (Wildman–Crippen LogP) is 4.26. The molecular weight excluding hydrogens is 402 g/mol. The Balaban J connectivity index is 1.77. The van der Waals surface area contributed by atoms with Crippen molar-refractivity contribution in [1.29, 1.82) is 5.26 Å². The number of nitrogens with zero attached hydrogens (tertiary/aromatic N) is 4. The van der Waals surface area contributed by atoms with Gasteiger partial charge in [-0.3, -0.25) is 4.68 Å². The Morgan fingerprint density at radius 3 is 2.84 bits per heavy atom. The molecule has 0 N–H and O–H groups in total. The second-order valence-electron chi connectivity index (χ2n) is 7.23. The van der Waals surface area contributed by atoms with Gasteiger partial charge >= 0.3 is 6.09 Å². The molecule has 2 heterocycles. The topological polar surface area (TPSA) is 71.2 Å². The third kappa shape index (κ3) is 4.12. The van der Waals surface area contributed by atoms with E-state index >= 15 is 0 Å². The van der Waals surface area contributed by atoms with Crippen LogP contribution in [0, 0.1) is 23.0 Å². The number of ether oxygens (including phenoxy) is 1. The smallest absolute Gasteiger partial charge is 0.410 e. The number of halogens is 2. The molecule has 1 aliphatic rings. The van der Waals surface area contributed by atoms with Crippen molar-refractivity contribution in [3.8, 4) is 17.3 Å². The summed E-state index contributed by atoms with van der Waals surface area (Å²) in [5, 5.41) is 14.0. The van der Waals surface area contributed by atoms with Crippen LogP contribution in [0.2, 0.25) is 0 Å². The average molecular weight is 422 g/mol. The number of hydrogen-bond acceptors (Lipinski definition) is 4. The Morgan fingerprint density at radius 1 is 1.26 bits per heavy atom. The second-order valence-corrected chi connectivity index (χ2v) is 7.23. The summed E-state index contributed by atoms with van der Waals surface area (Å²) in [5.74, 6) is -1.27. The van der Waals surface area contributed by atoms with Crippen LogP contribution in [0.15, 0.2) is 42.5 Å². The van der Waals surface area contributed by atoms with Crippen LogP contribution < -0.4 is 0 Å². The van der Waals surface area contributed by atoms with Crippen molar-refractivity contribution in [1.82, 2.24) is 14.7 Å². The van der Waals surface area contributed by atoms with Crippen LogP contribution in [0.4, 0.5) is 13.6 Å². The molecule has 0 aliphatic carbocycles. The molecule has 3 aromatic rings. The molecule has 8 heteroatoms. The van der Waals surface area contributed by atoms with Crippen LogP contribution >= 0.6 is 0 Å². The van der Waals surface area contributed by atoms with E-state index in [4.69, 9.17) is 9.84 Å². The van der Waals surface area contributed by atoms with Crippen molar-refractivity contribution in [2.24, 2.45) is 0 Å². The van der Waals surface area contributed by atoms with Gasteiger partial charge < -0.3 is 9.64 Å². The van der Waals surface area contributed by atoms with Crippen LogP contribution in [0.3, 0.4) is 0 Å². The lowest BCUT2D eigenvalue weighted by atomic mass is 10.00. The van der Waals surface area contributed by atoms with Crippen molar-refractivity contribution in [3.05, 3.63) is 76.5 Å². The minimum absolute atomic E-state index is 0.131. The van der Waals surface area contributed by atoms with E-state index < -0.39 is 17.7 Å². The summed E-state index contributed by atoms with van der Waals surface area (Å²) in [6.07, 6.45) is 0.115. The molecule has 1 amide bonds. The largest absolute Gasteiger partial charge is 0.450 e. The van der Waals surface area contributed by atoms with Gasteiger partial charge in [-0.15, -0.1) is 0 Å². The Labute approximate surface area is 178 Å². The summed E-state index contributed by atoms with van der Waals surface area (Å²) in [5.41, 5.74) is 3.88. The summed E-state index contributed by atoms with van der Waals surface area (Å²) in [4.78, 5) is 13.9. The molecule has 0 saturated heterocycles. The van der Waals surface area contributed by atoms with Crippen LogP contribution in [0.1, 0.15) is 29.3 Å². The number of nitriles is 1. The lowest BCUT2D eigenvalue weighted by molar-refractivity contribution is 0.102. The fourth-order valence-electron chi connectivity index (χ4n) is 3.77. The normalized spacial score (nSPS) is 12.9. The minimum Gasteiger partial charge on any atom is -0.450 e. The third-order valence-electron chi connectivity index (χ3n) is 5.26. The van der Waals surface area contributed by atoms with E-state index in [2.05, 4.69) is 6.07 Å². The first-order valence-electron chi connectivity index (χ1n) is 9.95. The van der Waals surface area contributed by atoms with Gasteiger partial charge in [0.1, 0.15) is 11.6 Å². The molecule has 1 aromatic heterocycles. The summed E-state index contributed by atoms with van der Waals surface area (Å²) < 4.78 is 34.4. The maximum absolute atomic E-state index is 14.3. The van der Waals surface area contributed by atoms with Crippen LogP contribution in [0.5, 0.6) is 0 Å². The van der Waals surface area contributed by atoms with E-state index in [1.165, 1.54) is 12.1 Å². The van der Waals surface area contributed by atoms with Gasteiger partial charge in [0.05, 0.1) is 37.0 Å². The summed E-state index contributed by atoms with van der Waals surface area (Å²) in [6, 6.07) is 12.6. The lowest BCUT2D eigenvalue weighted by Gasteiger charge is -2.27. The van der Waals surface area contributed by atoms with E-state index in [9.17, 15) is 18.8 Å². The first-order valence-corrected chi connectivity index (χ1v) is 9.95. The van der Waals surface area contributed by atoms with Crippen molar-refractivity contribution < 1.29 is 18.3 Å². The van der Waals surface area contributed by atoms with Crippen molar-refractivity contribution >= 4 is 6.09 Å². The molecule has 158 valence electrons. The fourth-order valence-corrected chi connectivity index (χ4v) is 3.77. The van der Waals surface area contributed by atoms with E-state index in [1.54, 1.807) is 34.7 Å². The molecule has 4 rings (SSSR count). The maximum Gasteiger partial charge on any atom is 0.410 e. The molecule has 0 unspecified atom stereocenters. The number of fused-ring (bicyclic) bond motifs is 1. The van der Waals surface area contributed by atoms with Gasteiger partial charge in [0, 0.05) is 41.4 Å². The van der Waals surface area contributed by atoms with Gasteiger partial charge in [-0.05, 0) is 25.1 Å². The molecule has 0 atom stereocenters. The van der Waals surface area contributed by atoms with Crippen molar-refractivity contribution in [2.45, 2.75) is 26.4 Å². The van der Waals surface area contributed by atoms with Gasteiger partial charge in [0.15, 0.2) is 0 Å². The number of hydrogen-bond donors (Lipinski definition) is 0. The molecule has 0 bridgehead atoms. The number of amides is 1. The number of rotatable bonds is 4. The monoisotopic (exact) mass is 422 g/mol. The number of benzene rings is 2. The van der Waals surface area contributed by atoms with Crippen molar-refractivity contribution in [3.63, 3.8) is 0 Å². The van der Waals surface area contributed by atoms with Crippen molar-refractivity contribution in [2.75, 3.05) is 13.2 Å². The second kappa shape index (κ2) is 8.56. The first-order chi connectivity index (χ1) is 15.0. The molecule has 0 radical (unpaired) electrons. The Bertz CT molecular complexity index is 1180. The molecule has 0 fully saturated rings.